The maximum absolute atomic E-state index is 11.8. The summed E-state index contributed by atoms with van der Waals surface area (Å²) in [5.74, 6) is 2.33. The van der Waals surface area contributed by atoms with Crippen molar-refractivity contribution in [3.63, 3.8) is 0 Å². The highest BCUT2D eigenvalue weighted by Gasteiger charge is 2.22. The molecule has 0 aliphatic rings. The van der Waals surface area contributed by atoms with Gasteiger partial charge in [-0.2, -0.15) is 0 Å². The molecule has 0 unspecified atom stereocenters. The van der Waals surface area contributed by atoms with Crippen LogP contribution in [0.15, 0.2) is 36.4 Å². The van der Waals surface area contributed by atoms with Crippen LogP contribution in [0.4, 0.5) is 11.4 Å². The first-order valence-electron chi connectivity index (χ1n) is 11.4. The second-order valence-corrected chi connectivity index (χ2v) is 8.28. The van der Waals surface area contributed by atoms with Crippen LogP contribution >= 0.6 is 0 Å². The van der Waals surface area contributed by atoms with Gasteiger partial charge in [-0.1, -0.05) is 12.2 Å². The SMILES string of the molecule is COc1cc(/C=C/c2cc(/C=C/c3cc(OC)c(C)cc3OC)c([N+](=O)[O-])cc2[N+](=O)[O-])c(OC)cc1C. The fourth-order valence-corrected chi connectivity index (χ4v) is 3.96. The summed E-state index contributed by atoms with van der Waals surface area (Å²) < 4.78 is 21.6. The second kappa shape index (κ2) is 11.9. The Morgan fingerprint density at radius 1 is 0.526 bits per heavy atom. The molecule has 0 saturated heterocycles. The van der Waals surface area contributed by atoms with Crippen LogP contribution in [0.5, 0.6) is 23.0 Å². The highest BCUT2D eigenvalue weighted by Crippen LogP contribution is 2.35. The number of hydrogen-bond acceptors (Lipinski definition) is 8. The van der Waals surface area contributed by atoms with Gasteiger partial charge >= 0.3 is 0 Å². The molecule has 3 aromatic rings. The fraction of sp³-hybridized carbons (Fsp3) is 0.214. The molecule has 0 spiro atoms. The number of nitro benzene ring substituents is 2. The van der Waals surface area contributed by atoms with Gasteiger partial charge in [0.2, 0.25) is 0 Å². The summed E-state index contributed by atoms with van der Waals surface area (Å²) in [6.07, 6.45) is 6.30. The van der Waals surface area contributed by atoms with Crippen LogP contribution in [0.25, 0.3) is 24.3 Å². The number of hydrogen-bond donors (Lipinski definition) is 0. The third-order valence-corrected chi connectivity index (χ3v) is 5.95. The molecule has 3 rings (SSSR count). The summed E-state index contributed by atoms with van der Waals surface area (Å²) in [5.41, 5.74) is 2.50. The second-order valence-electron chi connectivity index (χ2n) is 8.28. The first-order valence-corrected chi connectivity index (χ1v) is 11.4. The van der Waals surface area contributed by atoms with Crippen LogP contribution in [0.3, 0.4) is 0 Å². The van der Waals surface area contributed by atoms with E-state index in [1.54, 1.807) is 50.6 Å². The number of nitrogens with zero attached hydrogens (tertiary/aromatic N) is 2. The highest BCUT2D eigenvalue weighted by atomic mass is 16.6. The normalized spacial score (nSPS) is 11.1. The van der Waals surface area contributed by atoms with Gasteiger partial charge in [0.1, 0.15) is 23.0 Å². The third kappa shape index (κ3) is 5.92. The van der Waals surface area contributed by atoms with Crippen molar-refractivity contribution in [1.82, 2.24) is 0 Å². The minimum Gasteiger partial charge on any atom is -0.496 e. The first-order chi connectivity index (χ1) is 18.1. The molecule has 0 aliphatic carbocycles. The van der Waals surface area contributed by atoms with E-state index in [1.807, 2.05) is 13.8 Å². The van der Waals surface area contributed by atoms with Crippen LogP contribution < -0.4 is 18.9 Å². The van der Waals surface area contributed by atoms with E-state index >= 15 is 0 Å². The molecular weight excluding hydrogens is 492 g/mol. The number of methoxy groups -OCH3 is 4. The predicted octanol–water partition coefficient (Wildman–Crippen LogP) is 6.50. The molecule has 10 heteroatoms. The number of benzene rings is 3. The molecule has 0 fully saturated rings. The number of ether oxygens (including phenoxy) is 4. The lowest BCUT2D eigenvalue weighted by molar-refractivity contribution is -0.394. The van der Waals surface area contributed by atoms with Gasteiger partial charge in [-0.25, -0.2) is 0 Å². The molecule has 10 nitrogen and oxygen atoms in total. The van der Waals surface area contributed by atoms with E-state index in [1.165, 1.54) is 32.4 Å². The van der Waals surface area contributed by atoms with Crippen molar-refractivity contribution >= 4 is 35.7 Å². The van der Waals surface area contributed by atoms with Crippen molar-refractivity contribution in [2.24, 2.45) is 0 Å². The zero-order valence-electron chi connectivity index (χ0n) is 21.9. The average Bonchev–Trinajstić information content (AvgIpc) is 2.90. The summed E-state index contributed by atoms with van der Waals surface area (Å²) in [6, 6.07) is 9.44. The van der Waals surface area contributed by atoms with E-state index < -0.39 is 21.2 Å². The third-order valence-electron chi connectivity index (χ3n) is 5.95. The Bertz CT molecular complexity index is 1340. The largest absolute Gasteiger partial charge is 0.496 e. The Balaban J connectivity index is 2.16. The first kappa shape index (κ1) is 27.7. The maximum Gasteiger partial charge on any atom is 0.283 e. The summed E-state index contributed by atoms with van der Waals surface area (Å²) in [5, 5.41) is 23.6. The summed E-state index contributed by atoms with van der Waals surface area (Å²) in [4.78, 5) is 22.3. The zero-order valence-corrected chi connectivity index (χ0v) is 21.9. The van der Waals surface area contributed by atoms with Gasteiger partial charge in [0.15, 0.2) is 0 Å². The molecule has 0 radical (unpaired) electrons. The number of aryl methyl sites for hydroxylation is 2. The summed E-state index contributed by atoms with van der Waals surface area (Å²) in [6.45, 7) is 3.74. The van der Waals surface area contributed by atoms with Crippen molar-refractivity contribution < 1.29 is 28.8 Å². The van der Waals surface area contributed by atoms with Gasteiger partial charge in [0.25, 0.3) is 11.4 Å². The zero-order chi connectivity index (χ0) is 28.0. The molecular formula is C28H28N2O8. The van der Waals surface area contributed by atoms with E-state index in [0.717, 1.165) is 17.2 Å². The summed E-state index contributed by atoms with van der Waals surface area (Å²) in [7, 11) is 6.12. The predicted molar refractivity (Wildman–Crippen MR) is 146 cm³/mol. The van der Waals surface area contributed by atoms with Crippen LogP contribution in [0.1, 0.15) is 33.4 Å². The van der Waals surface area contributed by atoms with Gasteiger partial charge in [-0.05, 0) is 67.5 Å². The quantitative estimate of drug-likeness (QED) is 0.169. The van der Waals surface area contributed by atoms with Crippen molar-refractivity contribution in [2.75, 3.05) is 28.4 Å². The average molecular weight is 521 g/mol. The van der Waals surface area contributed by atoms with Crippen LogP contribution in [-0.2, 0) is 0 Å². The van der Waals surface area contributed by atoms with E-state index in [0.29, 0.717) is 34.1 Å². The van der Waals surface area contributed by atoms with E-state index in [2.05, 4.69) is 0 Å². The Hall–Kier alpha value is -4.86. The molecule has 0 aliphatic heterocycles. The van der Waals surface area contributed by atoms with E-state index in [9.17, 15) is 20.2 Å². The molecule has 0 heterocycles. The van der Waals surface area contributed by atoms with Crippen LogP contribution in [-0.4, -0.2) is 38.3 Å². The molecule has 0 saturated carbocycles. The van der Waals surface area contributed by atoms with Gasteiger partial charge in [0.05, 0.1) is 55.5 Å². The standard InChI is InChI=1S/C28H28N2O8/c1-17-11-27(37-5)21(14-25(17)35-3)9-7-19-13-20(24(30(33)34)16-23(19)29(31)32)8-10-22-15-26(36-4)18(2)12-28(22)38-6/h7-16H,1-6H3/b9-7+,10-8+. The molecule has 0 aromatic heterocycles. The van der Waals surface area contributed by atoms with Crippen LogP contribution in [0, 0.1) is 34.1 Å². The molecule has 3 aromatic carbocycles. The van der Waals surface area contributed by atoms with Crippen molar-refractivity contribution in [1.29, 1.82) is 0 Å². The van der Waals surface area contributed by atoms with Crippen molar-refractivity contribution in [3.8, 4) is 23.0 Å². The molecule has 0 atom stereocenters. The van der Waals surface area contributed by atoms with Crippen molar-refractivity contribution in [2.45, 2.75) is 13.8 Å². The highest BCUT2D eigenvalue weighted by molar-refractivity contribution is 5.83. The summed E-state index contributed by atoms with van der Waals surface area (Å²) >= 11 is 0. The maximum atomic E-state index is 11.8. The Labute approximate surface area is 220 Å². The molecule has 0 bridgehead atoms. The lowest BCUT2D eigenvalue weighted by Crippen LogP contribution is -1.98. The lowest BCUT2D eigenvalue weighted by Gasteiger charge is -2.11. The minimum atomic E-state index is -0.652. The monoisotopic (exact) mass is 520 g/mol. The lowest BCUT2D eigenvalue weighted by atomic mass is 10.0. The van der Waals surface area contributed by atoms with E-state index in [-0.39, 0.29) is 11.1 Å². The van der Waals surface area contributed by atoms with Crippen molar-refractivity contribution in [3.05, 3.63) is 90.0 Å². The van der Waals surface area contributed by atoms with Gasteiger partial charge in [-0.15, -0.1) is 0 Å². The Kier molecular flexibility index (Phi) is 8.69. The van der Waals surface area contributed by atoms with E-state index in [4.69, 9.17) is 18.9 Å². The fourth-order valence-electron chi connectivity index (χ4n) is 3.96. The van der Waals surface area contributed by atoms with Gasteiger partial charge < -0.3 is 18.9 Å². The van der Waals surface area contributed by atoms with Gasteiger partial charge in [-0.3, -0.25) is 20.2 Å². The smallest absolute Gasteiger partial charge is 0.283 e. The molecule has 0 N–H and O–H groups in total. The van der Waals surface area contributed by atoms with Gasteiger partial charge in [0, 0.05) is 11.1 Å². The number of rotatable bonds is 10. The molecule has 198 valence electrons. The Morgan fingerprint density at radius 3 is 1.18 bits per heavy atom. The minimum absolute atomic E-state index is 0.176. The topological polar surface area (TPSA) is 123 Å². The molecule has 0 amide bonds. The number of nitro groups is 2. The Morgan fingerprint density at radius 2 is 0.868 bits per heavy atom. The van der Waals surface area contributed by atoms with Crippen LogP contribution in [0.2, 0.25) is 0 Å². The molecule has 38 heavy (non-hydrogen) atoms.